The van der Waals surface area contributed by atoms with Crippen LogP contribution in [0.4, 0.5) is 0 Å². The highest BCUT2D eigenvalue weighted by molar-refractivity contribution is 8.76. The Hall–Kier alpha value is -7.02. The van der Waals surface area contributed by atoms with Gasteiger partial charge in [-0.3, -0.25) is 43.2 Å². The number of aliphatic hydroxyl groups is 1. The second-order valence-electron chi connectivity index (χ2n) is 18.4. The first-order valence-corrected chi connectivity index (χ1v) is 27.7. The molecule has 1 unspecified atom stereocenters. The molecule has 4 aromatic carbocycles. The molecule has 0 bridgehead atoms. The van der Waals surface area contributed by atoms with Crippen molar-refractivity contribution in [1.82, 2.24) is 37.2 Å². The van der Waals surface area contributed by atoms with Gasteiger partial charge >= 0.3 is 0 Å². The molecule has 16 N–H and O–H groups in total. The second-order valence-corrected chi connectivity index (χ2v) is 21.4. The number of halogens is 1. The molecule has 0 radical (unpaired) electrons. The Bertz CT molecular complexity index is 2660. The number of nitrogens with one attached hydrogen (secondary N) is 7. The lowest BCUT2D eigenvalue weighted by Gasteiger charge is -2.29. The van der Waals surface area contributed by atoms with E-state index >= 15 is 0 Å². The molecule has 9 amide bonds. The molecule has 1 fully saturated rings. The molecule has 4 aromatic rings. The molecule has 0 saturated carbocycles. The molecule has 0 aliphatic carbocycles. The van der Waals surface area contributed by atoms with Gasteiger partial charge < -0.3 is 65.3 Å². The first-order valence-electron chi connectivity index (χ1n) is 24.8. The van der Waals surface area contributed by atoms with E-state index in [0.717, 1.165) is 21.6 Å². The summed E-state index contributed by atoms with van der Waals surface area (Å²) >= 11 is 6.07. The first-order chi connectivity index (χ1) is 36.8. The topological polar surface area (TPSA) is 362 Å². The number of nitrogens with two attached hydrogens (primary N) is 4. The fourth-order valence-corrected chi connectivity index (χ4v) is 10.5. The summed E-state index contributed by atoms with van der Waals surface area (Å²) in [5, 5.41) is 30.1. The van der Waals surface area contributed by atoms with Crippen molar-refractivity contribution in [3.05, 3.63) is 142 Å². The van der Waals surface area contributed by atoms with E-state index in [1.807, 2.05) is 0 Å². The van der Waals surface area contributed by atoms with E-state index in [4.69, 9.17) is 34.5 Å². The minimum atomic E-state index is -1.72. The molecule has 0 spiro atoms. The zero-order valence-corrected chi connectivity index (χ0v) is 44.7. The van der Waals surface area contributed by atoms with Gasteiger partial charge in [0, 0.05) is 41.4 Å². The van der Waals surface area contributed by atoms with Gasteiger partial charge in [0.25, 0.3) is 0 Å². The summed E-state index contributed by atoms with van der Waals surface area (Å²) in [6, 6.07) is 18.8. The van der Waals surface area contributed by atoms with Crippen molar-refractivity contribution >= 4 is 86.4 Å². The molecule has 1 aliphatic heterocycles. The van der Waals surface area contributed by atoms with E-state index in [1.54, 1.807) is 84.9 Å². The third kappa shape index (κ3) is 19.8. The van der Waals surface area contributed by atoms with Crippen LogP contribution in [0.5, 0.6) is 0 Å². The standard InChI is InChI=1S/C53H66ClN11O10S2/c1-30(66)44-53(75)64-43(51(73)60-39(46(58)68)25-31-10-4-2-5-11-31)29-77-76-28-42(63-47(69)37(56)24-33-17-21-36(54)22-18-33)52(74)62-40(26-32-12-6-3-7-13-32)50(72)61-41(27-34-15-19-35(20-16-34)45(57)67)49(71)59-38(48(70)65-44)14-8-9-23-55/h2-7,10-13,15-22,30,37-44,66H,8-9,14,23-29,55-56H2,1H3,(H2,57,67)(H2,58,68)(H,59,71)(H,60,73)(H,61,72)(H,62,74)(H,63,69)(H,64,75)(H,65,70)/t30-,37+,38+,39?,40+,41-,42-,43+,44+/m1/s1. The summed E-state index contributed by atoms with van der Waals surface area (Å²) in [4.78, 5) is 125. The maximum atomic E-state index is 14.7. The van der Waals surface area contributed by atoms with Crippen LogP contribution in [0.15, 0.2) is 109 Å². The van der Waals surface area contributed by atoms with Crippen LogP contribution in [-0.2, 0) is 64.0 Å². The molecular weight excluding hydrogens is 1050 g/mol. The first kappa shape index (κ1) is 60.8. The van der Waals surface area contributed by atoms with Gasteiger partial charge in [-0.15, -0.1) is 0 Å². The maximum absolute atomic E-state index is 14.7. The molecule has 77 heavy (non-hydrogen) atoms. The van der Waals surface area contributed by atoms with Gasteiger partial charge in [-0.05, 0) is 85.7 Å². The Morgan fingerprint density at radius 3 is 1.74 bits per heavy atom. The zero-order chi connectivity index (χ0) is 56.0. The van der Waals surface area contributed by atoms with E-state index in [0.29, 0.717) is 40.1 Å². The lowest BCUT2D eigenvalue weighted by molar-refractivity contribution is -0.136. The second kappa shape index (κ2) is 30.7. The summed E-state index contributed by atoms with van der Waals surface area (Å²) in [6.07, 6.45) is -1.12. The summed E-state index contributed by atoms with van der Waals surface area (Å²) in [5.41, 5.74) is 26.0. The quantitative estimate of drug-likeness (QED) is 0.0428. The normalized spacial score (nSPS) is 21.3. The highest BCUT2D eigenvalue weighted by atomic mass is 35.5. The van der Waals surface area contributed by atoms with Crippen molar-refractivity contribution in [3.8, 4) is 0 Å². The summed E-state index contributed by atoms with van der Waals surface area (Å²) < 4.78 is 0. The van der Waals surface area contributed by atoms with Crippen LogP contribution in [0.25, 0.3) is 0 Å². The van der Waals surface area contributed by atoms with Crippen LogP contribution >= 0.6 is 33.2 Å². The third-order valence-corrected chi connectivity index (χ3v) is 15.0. The van der Waals surface area contributed by atoms with Crippen molar-refractivity contribution in [2.45, 2.75) is 106 Å². The van der Waals surface area contributed by atoms with Crippen LogP contribution < -0.4 is 60.2 Å². The average molecular weight is 1120 g/mol. The van der Waals surface area contributed by atoms with Crippen LogP contribution in [0.3, 0.4) is 0 Å². The molecule has 1 aliphatic rings. The molecule has 1 saturated heterocycles. The van der Waals surface area contributed by atoms with Gasteiger partial charge in [0.05, 0.1) is 12.1 Å². The number of benzene rings is 4. The lowest BCUT2D eigenvalue weighted by atomic mass is 10.00. The number of rotatable bonds is 19. The summed E-state index contributed by atoms with van der Waals surface area (Å²) in [5.74, 6) is -8.08. The predicted octanol–water partition coefficient (Wildman–Crippen LogP) is -0.179. The van der Waals surface area contributed by atoms with E-state index in [9.17, 15) is 48.3 Å². The van der Waals surface area contributed by atoms with Crippen molar-refractivity contribution in [1.29, 1.82) is 0 Å². The van der Waals surface area contributed by atoms with Crippen LogP contribution in [0.1, 0.15) is 58.8 Å². The van der Waals surface area contributed by atoms with Crippen LogP contribution in [-0.4, -0.2) is 131 Å². The fourth-order valence-electron chi connectivity index (χ4n) is 8.00. The van der Waals surface area contributed by atoms with E-state index < -0.39 is 108 Å². The van der Waals surface area contributed by atoms with Crippen molar-refractivity contribution < 1.29 is 48.3 Å². The van der Waals surface area contributed by atoms with E-state index in [-0.39, 0.29) is 55.7 Å². The number of carbonyl (C=O) groups excluding carboxylic acids is 9. The van der Waals surface area contributed by atoms with Gasteiger partial charge in [0.1, 0.15) is 42.3 Å². The molecule has 412 valence electrons. The van der Waals surface area contributed by atoms with E-state index in [2.05, 4.69) is 37.2 Å². The minimum absolute atomic E-state index is 0.00351. The molecular formula is C53H66ClN11O10S2. The number of aliphatic hydroxyl groups excluding tert-OH is 1. The highest BCUT2D eigenvalue weighted by Gasteiger charge is 2.36. The Kier molecular flexibility index (Phi) is 24.2. The van der Waals surface area contributed by atoms with Crippen molar-refractivity contribution in [3.63, 3.8) is 0 Å². The molecule has 21 nitrogen and oxygen atoms in total. The zero-order valence-electron chi connectivity index (χ0n) is 42.3. The van der Waals surface area contributed by atoms with Crippen molar-refractivity contribution in [2.24, 2.45) is 22.9 Å². The highest BCUT2D eigenvalue weighted by Crippen LogP contribution is 2.24. The minimum Gasteiger partial charge on any atom is -0.391 e. The Balaban J connectivity index is 1.56. The summed E-state index contributed by atoms with van der Waals surface area (Å²) in [6.45, 7) is 1.47. The molecule has 1 heterocycles. The van der Waals surface area contributed by atoms with E-state index in [1.165, 1.54) is 31.2 Å². The number of carbonyl (C=O) groups is 9. The molecule has 0 aromatic heterocycles. The Morgan fingerprint density at radius 2 is 1.17 bits per heavy atom. The number of unbranched alkanes of at least 4 members (excludes halogenated alkanes) is 1. The third-order valence-electron chi connectivity index (χ3n) is 12.3. The fraction of sp³-hybridized carbons (Fsp3) is 0.377. The number of amides is 9. The summed E-state index contributed by atoms with van der Waals surface area (Å²) in [7, 11) is 2.00. The van der Waals surface area contributed by atoms with Gasteiger partial charge in [-0.25, -0.2) is 0 Å². The maximum Gasteiger partial charge on any atom is 0.248 e. The molecule has 5 rings (SSSR count). The largest absolute Gasteiger partial charge is 0.391 e. The van der Waals surface area contributed by atoms with Gasteiger partial charge in [0.15, 0.2) is 0 Å². The predicted molar refractivity (Wildman–Crippen MR) is 294 cm³/mol. The number of hydrogen-bond acceptors (Lipinski definition) is 14. The van der Waals surface area contributed by atoms with Crippen LogP contribution in [0.2, 0.25) is 5.02 Å². The van der Waals surface area contributed by atoms with Gasteiger partial charge in [0.2, 0.25) is 53.2 Å². The SMILES string of the molecule is C[C@@H](O)[C@@H]1NC(=O)[C@H](CCCCN)NC(=O)[C@@H](Cc2ccc(C(N)=O)cc2)NC(=O)[C@H](Cc2ccccc2)NC(=O)[C@H](NC(=O)[C@@H](N)Cc2ccc(Cl)cc2)CSSC[C@@H](C(=O)NC(Cc2ccccc2)C(N)=O)NC1=O. The smallest absolute Gasteiger partial charge is 0.248 e. The number of hydrogen-bond donors (Lipinski definition) is 12. The lowest BCUT2D eigenvalue weighted by Crippen LogP contribution is -2.62. The molecule has 24 heteroatoms. The Labute approximate surface area is 459 Å². The van der Waals surface area contributed by atoms with Crippen molar-refractivity contribution in [2.75, 3.05) is 18.1 Å². The monoisotopic (exact) mass is 1120 g/mol. The van der Waals surface area contributed by atoms with Crippen LogP contribution in [0, 0.1) is 0 Å². The number of primary amides is 2. The molecule has 9 atom stereocenters. The van der Waals surface area contributed by atoms with Gasteiger partial charge in [-0.1, -0.05) is 118 Å². The average Bonchev–Trinajstić information content (AvgIpc) is 3.40. The Morgan fingerprint density at radius 1 is 0.649 bits per heavy atom. The van der Waals surface area contributed by atoms with Gasteiger partial charge in [-0.2, -0.15) is 0 Å².